The van der Waals surface area contributed by atoms with Gasteiger partial charge in [0.15, 0.2) is 0 Å². The lowest BCUT2D eigenvalue weighted by atomic mass is 10.1. The van der Waals surface area contributed by atoms with Crippen molar-refractivity contribution >= 4 is 16.7 Å². The summed E-state index contributed by atoms with van der Waals surface area (Å²) in [7, 11) is 2.77. The second-order valence-electron chi connectivity index (χ2n) is 3.87. The van der Waals surface area contributed by atoms with Crippen LogP contribution in [-0.2, 0) is 0 Å². The molecule has 0 radical (unpaired) electrons. The second-order valence-corrected chi connectivity index (χ2v) is 3.87. The zero-order valence-corrected chi connectivity index (χ0v) is 11.0. The lowest BCUT2D eigenvalue weighted by Crippen LogP contribution is -2.02. The minimum absolute atomic E-state index is 0.0991. The quantitative estimate of drug-likeness (QED) is 0.618. The highest BCUT2D eigenvalue weighted by molar-refractivity contribution is 5.86. The van der Waals surface area contributed by atoms with Crippen molar-refractivity contribution in [3.05, 3.63) is 27.3 Å². The number of nitriles is 1. The van der Waals surface area contributed by atoms with E-state index in [1.54, 1.807) is 0 Å². The Bertz CT molecular complexity index is 751. The van der Waals surface area contributed by atoms with Crippen molar-refractivity contribution in [3.8, 4) is 17.8 Å². The van der Waals surface area contributed by atoms with Crippen molar-refractivity contribution in [2.45, 2.75) is 6.92 Å². The Morgan fingerprint density at radius 3 is 2.40 bits per heavy atom. The molecule has 102 valence electrons. The second kappa shape index (κ2) is 4.97. The van der Waals surface area contributed by atoms with Gasteiger partial charge in [0.1, 0.15) is 17.1 Å². The van der Waals surface area contributed by atoms with Gasteiger partial charge in [-0.25, -0.2) is 9.97 Å². The van der Waals surface area contributed by atoms with Gasteiger partial charge in [-0.15, -0.1) is 0 Å². The fourth-order valence-electron chi connectivity index (χ4n) is 1.84. The first-order valence-corrected chi connectivity index (χ1v) is 5.51. The summed E-state index contributed by atoms with van der Waals surface area (Å²) >= 11 is 0. The van der Waals surface area contributed by atoms with Crippen LogP contribution < -0.4 is 9.47 Å². The zero-order valence-electron chi connectivity index (χ0n) is 11.0. The van der Waals surface area contributed by atoms with Gasteiger partial charge in [-0.2, -0.15) is 5.26 Å². The van der Waals surface area contributed by atoms with E-state index in [0.29, 0.717) is 0 Å². The molecule has 0 bridgehead atoms. The third-order valence-electron chi connectivity index (χ3n) is 2.83. The van der Waals surface area contributed by atoms with Crippen LogP contribution in [0.25, 0.3) is 11.0 Å². The fraction of sp³-hybridized carbons (Fsp3) is 0.250. The molecule has 0 amide bonds. The number of fused-ring (bicyclic) bond motifs is 1. The van der Waals surface area contributed by atoms with Crippen molar-refractivity contribution in [2.75, 3.05) is 14.2 Å². The number of rotatable bonds is 3. The van der Waals surface area contributed by atoms with Crippen molar-refractivity contribution in [1.82, 2.24) is 9.97 Å². The highest BCUT2D eigenvalue weighted by Crippen LogP contribution is 2.32. The number of aromatic nitrogens is 2. The summed E-state index contributed by atoms with van der Waals surface area (Å²) in [6.45, 7) is 1.49. The molecule has 0 saturated heterocycles. The lowest BCUT2D eigenvalue weighted by Gasteiger charge is -2.09. The first-order valence-electron chi connectivity index (χ1n) is 5.51. The Labute approximate surface area is 113 Å². The Hall–Kier alpha value is -2.95. The van der Waals surface area contributed by atoms with E-state index in [0.717, 1.165) is 0 Å². The summed E-state index contributed by atoms with van der Waals surface area (Å²) in [5.41, 5.74) is 0.606. The standard InChI is InChI=1S/C12H10N4O4/c1-6-7(5-13)10-8(4-9(6)16(17)18)14-11(19-2)12(15-10)20-3/h4H,1-3H3. The molecule has 20 heavy (non-hydrogen) atoms. The summed E-state index contributed by atoms with van der Waals surface area (Å²) in [6.07, 6.45) is 0. The third-order valence-corrected chi connectivity index (χ3v) is 2.83. The SMILES string of the molecule is COc1nc2cc([N+](=O)[O-])c(C)c(C#N)c2nc1OC. The Morgan fingerprint density at radius 2 is 1.90 bits per heavy atom. The van der Waals surface area contributed by atoms with Crippen LogP contribution in [0.3, 0.4) is 0 Å². The molecule has 2 aromatic rings. The Morgan fingerprint density at radius 1 is 1.30 bits per heavy atom. The molecule has 0 spiro atoms. The molecular weight excluding hydrogens is 264 g/mol. The van der Waals surface area contributed by atoms with E-state index in [2.05, 4.69) is 9.97 Å². The van der Waals surface area contributed by atoms with Gasteiger partial charge in [-0.3, -0.25) is 10.1 Å². The van der Waals surface area contributed by atoms with Gasteiger partial charge in [-0.05, 0) is 6.92 Å². The van der Waals surface area contributed by atoms with E-state index >= 15 is 0 Å². The highest BCUT2D eigenvalue weighted by Gasteiger charge is 2.21. The van der Waals surface area contributed by atoms with Crippen LogP contribution >= 0.6 is 0 Å². The van der Waals surface area contributed by atoms with Gasteiger partial charge in [0, 0.05) is 11.6 Å². The largest absolute Gasteiger partial charge is 0.477 e. The summed E-state index contributed by atoms with van der Waals surface area (Å²) in [6, 6.07) is 3.18. The summed E-state index contributed by atoms with van der Waals surface area (Å²) in [4.78, 5) is 18.7. The fourth-order valence-corrected chi connectivity index (χ4v) is 1.84. The number of nitrogens with zero attached hydrogens (tertiary/aromatic N) is 4. The predicted molar refractivity (Wildman–Crippen MR) is 68.7 cm³/mol. The number of hydrogen-bond acceptors (Lipinski definition) is 7. The van der Waals surface area contributed by atoms with Crippen LogP contribution in [0.2, 0.25) is 0 Å². The minimum Gasteiger partial charge on any atom is -0.477 e. The summed E-state index contributed by atoms with van der Waals surface area (Å²) in [5.74, 6) is 0.215. The summed E-state index contributed by atoms with van der Waals surface area (Å²) in [5, 5.41) is 20.2. The molecule has 0 aliphatic rings. The van der Waals surface area contributed by atoms with E-state index in [9.17, 15) is 15.4 Å². The molecular formula is C12H10N4O4. The maximum absolute atomic E-state index is 11.0. The molecule has 2 rings (SSSR count). The molecule has 0 aliphatic carbocycles. The Balaban J connectivity index is 2.93. The lowest BCUT2D eigenvalue weighted by molar-refractivity contribution is -0.385. The average molecular weight is 274 g/mol. The first-order chi connectivity index (χ1) is 9.53. The molecule has 0 aliphatic heterocycles. The van der Waals surface area contributed by atoms with Crippen LogP contribution in [-0.4, -0.2) is 29.1 Å². The van der Waals surface area contributed by atoms with Gasteiger partial charge in [-0.1, -0.05) is 0 Å². The van der Waals surface area contributed by atoms with Crippen LogP contribution in [0, 0.1) is 28.4 Å². The van der Waals surface area contributed by atoms with Crippen LogP contribution in [0.1, 0.15) is 11.1 Å². The van der Waals surface area contributed by atoms with E-state index < -0.39 is 4.92 Å². The molecule has 0 saturated carbocycles. The van der Waals surface area contributed by atoms with Crippen molar-refractivity contribution in [3.63, 3.8) is 0 Å². The minimum atomic E-state index is -0.562. The molecule has 1 aromatic carbocycles. The van der Waals surface area contributed by atoms with Crippen molar-refractivity contribution in [2.24, 2.45) is 0 Å². The number of ether oxygens (including phenoxy) is 2. The molecule has 1 heterocycles. The molecule has 8 heteroatoms. The number of nitro groups is 1. The number of nitro benzene ring substituents is 1. The third kappa shape index (κ3) is 1.95. The van der Waals surface area contributed by atoms with Crippen LogP contribution in [0.5, 0.6) is 11.8 Å². The van der Waals surface area contributed by atoms with Gasteiger partial charge >= 0.3 is 0 Å². The smallest absolute Gasteiger partial charge is 0.278 e. The van der Waals surface area contributed by atoms with Gasteiger partial charge in [0.05, 0.1) is 24.7 Å². The topological polar surface area (TPSA) is 111 Å². The molecule has 1 aromatic heterocycles. The maximum atomic E-state index is 11.0. The summed E-state index contributed by atoms with van der Waals surface area (Å²) < 4.78 is 10.0. The highest BCUT2D eigenvalue weighted by atomic mass is 16.6. The molecule has 0 unspecified atom stereocenters. The average Bonchev–Trinajstić information content (AvgIpc) is 2.44. The first kappa shape index (κ1) is 13.5. The van der Waals surface area contributed by atoms with Gasteiger partial charge < -0.3 is 9.47 Å². The monoisotopic (exact) mass is 274 g/mol. The van der Waals surface area contributed by atoms with Crippen molar-refractivity contribution < 1.29 is 14.4 Å². The van der Waals surface area contributed by atoms with E-state index in [1.807, 2.05) is 6.07 Å². The molecule has 0 fully saturated rings. The normalized spacial score (nSPS) is 10.1. The number of benzene rings is 1. The van der Waals surface area contributed by atoms with Crippen LogP contribution in [0.15, 0.2) is 6.07 Å². The molecule has 0 atom stereocenters. The van der Waals surface area contributed by atoms with Gasteiger partial charge in [0.2, 0.25) is 0 Å². The zero-order chi connectivity index (χ0) is 14.9. The molecule has 8 nitrogen and oxygen atoms in total. The van der Waals surface area contributed by atoms with Gasteiger partial charge in [0.25, 0.3) is 17.4 Å². The number of hydrogen-bond donors (Lipinski definition) is 0. The van der Waals surface area contributed by atoms with Crippen molar-refractivity contribution in [1.29, 1.82) is 5.26 Å². The molecule has 0 N–H and O–H groups in total. The maximum Gasteiger partial charge on any atom is 0.278 e. The predicted octanol–water partition coefficient (Wildman–Crippen LogP) is 1.74. The van der Waals surface area contributed by atoms with E-state index in [1.165, 1.54) is 27.2 Å². The van der Waals surface area contributed by atoms with E-state index in [-0.39, 0.29) is 39.6 Å². The number of methoxy groups -OCH3 is 2. The van der Waals surface area contributed by atoms with Crippen LogP contribution in [0.4, 0.5) is 5.69 Å². The van der Waals surface area contributed by atoms with E-state index in [4.69, 9.17) is 9.47 Å². The Kier molecular flexibility index (Phi) is 3.35.